The molecule has 4 nitrogen and oxygen atoms in total. The average Bonchev–Trinajstić information content (AvgIpc) is 2.12. The summed E-state index contributed by atoms with van der Waals surface area (Å²) in [5, 5.41) is 0. The average molecular weight is 196 g/mol. The molecule has 4 heteroatoms. The zero-order chi connectivity index (χ0) is 10.6. The number of methoxy groups -OCH3 is 1. The van der Waals surface area contributed by atoms with E-state index in [-0.39, 0.29) is 6.10 Å². The molecule has 0 spiro atoms. The smallest absolute Gasteiger partial charge is 0.237 e. The SMILES string of the molecule is COCC(C)Oc1nc(C)ccc1N. The van der Waals surface area contributed by atoms with Gasteiger partial charge >= 0.3 is 0 Å². The minimum absolute atomic E-state index is 0.0448. The lowest BCUT2D eigenvalue weighted by molar-refractivity contribution is 0.0894. The molecule has 0 aliphatic carbocycles. The van der Waals surface area contributed by atoms with Crippen molar-refractivity contribution in [1.82, 2.24) is 4.98 Å². The molecule has 14 heavy (non-hydrogen) atoms. The summed E-state index contributed by atoms with van der Waals surface area (Å²) in [5.41, 5.74) is 7.15. The summed E-state index contributed by atoms with van der Waals surface area (Å²) < 4.78 is 10.5. The van der Waals surface area contributed by atoms with Gasteiger partial charge in [0.05, 0.1) is 12.3 Å². The molecule has 0 aromatic carbocycles. The van der Waals surface area contributed by atoms with E-state index in [4.69, 9.17) is 15.2 Å². The van der Waals surface area contributed by atoms with Crippen LogP contribution in [-0.4, -0.2) is 24.8 Å². The van der Waals surface area contributed by atoms with Crippen LogP contribution in [0, 0.1) is 6.92 Å². The number of rotatable bonds is 4. The van der Waals surface area contributed by atoms with Crippen LogP contribution < -0.4 is 10.5 Å². The number of hydrogen-bond acceptors (Lipinski definition) is 4. The van der Waals surface area contributed by atoms with E-state index in [2.05, 4.69) is 4.98 Å². The highest BCUT2D eigenvalue weighted by atomic mass is 16.5. The summed E-state index contributed by atoms with van der Waals surface area (Å²) in [7, 11) is 1.63. The van der Waals surface area contributed by atoms with E-state index >= 15 is 0 Å². The summed E-state index contributed by atoms with van der Waals surface area (Å²) in [4.78, 5) is 4.19. The maximum Gasteiger partial charge on any atom is 0.237 e. The zero-order valence-electron chi connectivity index (χ0n) is 8.78. The standard InChI is InChI=1S/C10H16N2O2/c1-7-4-5-9(11)10(12-7)14-8(2)6-13-3/h4-5,8H,6,11H2,1-3H3. The molecule has 78 valence electrons. The number of nitrogens with zero attached hydrogens (tertiary/aromatic N) is 1. The minimum Gasteiger partial charge on any atom is -0.471 e. The molecule has 0 aliphatic rings. The maximum absolute atomic E-state index is 5.71. The fraction of sp³-hybridized carbons (Fsp3) is 0.500. The Kier molecular flexibility index (Phi) is 3.71. The topological polar surface area (TPSA) is 57.4 Å². The normalized spacial score (nSPS) is 12.5. The van der Waals surface area contributed by atoms with Crippen LogP contribution in [-0.2, 0) is 4.74 Å². The van der Waals surface area contributed by atoms with Crippen molar-refractivity contribution < 1.29 is 9.47 Å². The molecule has 0 bridgehead atoms. The van der Waals surface area contributed by atoms with Crippen LogP contribution in [0.4, 0.5) is 5.69 Å². The van der Waals surface area contributed by atoms with E-state index < -0.39 is 0 Å². The van der Waals surface area contributed by atoms with Gasteiger partial charge in [0, 0.05) is 12.8 Å². The molecule has 1 rings (SSSR count). The van der Waals surface area contributed by atoms with Crippen molar-refractivity contribution in [3.05, 3.63) is 17.8 Å². The first-order valence-electron chi connectivity index (χ1n) is 4.52. The summed E-state index contributed by atoms with van der Waals surface area (Å²) in [6.07, 6.45) is -0.0448. The van der Waals surface area contributed by atoms with Crippen LogP contribution in [0.5, 0.6) is 5.88 Å². The number of pyridine rings is 1. The number of aryl methyl sites for hydroxylation is 1. The van der Waals surface area contributed by atoms with Crippen molar-refractivity contribution in [2.75, 3.05) is 19.5 Å². The third-order valence-electron chi connectivity index (χ3n) is 1.74. The fourth-order valence-electron chi connectivity index (χ4n) is 1.10. The highest BCUT2D eigenvalue weighted by molar-refractivity contribution is 5.48. The van der Waals surface area contributed by atoms with Crippen molar-refractivity contribution in [2.24, 2.45) is 0 Å². The second-order valence-electron chi connectivity index (χ2n) is 3.23. The summed E-state index contributed by atoms with van der Waals surface area (Å²) >= 11 is 0. The molecule has 1 aromatic rings. The molecule has 0 fully saturated rings. The molecule has 0 saturated heterocycles. The van der Waals surface area contributed by atoms with Crippen LogP contribution in [0.1, 0.15) is 12.6 Å². The van der Waals surface area contributed by atoms with Gasteiger partial charge in [0.15, 0.2) is 0 Å². The Morgan fingerprint density at radius 2 is 2.21 bits per heavy atom. The van der Waals surface area contributed by atoms with Gasteiger partial charge in [-0.3, -0.25) is 0 Å². The Morgan fingerprint density at radius 1 is 1.50 bits per heavy atom. The highest BCUT2D eigenvalue weighted by Crippen LogP contribution is 2.19. The van der Waals surface area contributed by atoms with Gasteiger partial charge in [0.1, 0.15) is 6.10 Å². The Hall–Kier alpha value is -1.29. The van der Waals surface area contributed by atoms with Gasteiger partial charge in [-0.1, -0.05) is 0 Å². The van der Waals surface area contributed by atoms with E-state index in [0.29, 0.717) is 18.2 Å². The molecule has 1 aromatic heterocycles. The second-order valence-corrected chi connectivity index (χ2v) is 3.23. The Balaban J connectivity index is 2.70. The number of nitrogens with two attached hydrogens (primary N) is 1. The lowest BCUT2D eigenvalue weighted by Gasteiger charge is -2.14. The van der Waals surface area contributed by atoms with Crippen LogP contribution in [0.3, 0.4) is 0 Å². The first-order chi connectivity index (χ1) is 6.63. The maximum atomic E-state index is 5.71. The van der Waals surface area contributed by atoms with Crippen molar-refractivity contribution in [3.63, 3.8) is 0 Å². The predicted molar refractivity (Wildman–Crippen MR) is 55.4 cm³/mol. The second kappa shape index (κ2) is 4.81. The lowest BCUT2D eigenvalue weighted by atomic mass is 10.3. The van der Waals surface area contributed by atoms with Gasteiger partial charge in [-0.25, -0.2) is 4.98 Å². The van der Waals surface area contributed by atoms with Gasteiger partial charge in [0.2, 0.25) is 5.88 Å². The third-order valence-corrected chi connectivity index (χ3v) is 1.74. The number of hydrogen-bond donors (Lipinski definition) is 1. The molecule has 0 amide bonds. The summed E-state index contributed by atoms with van der Waals surface area (Å²) in [6.45, 7) is 4.33. The molecule has 0 aliphatic heterocycles. The number of anilines is 1. The molecular formula is C10H16N2O2. The molecule has 1 heterocycles. The minimum atomic E-state index is -0.0448. The summed E-state index contributed by atoms with van der Waals surface area (Å²) in [5.74, 6) is 0.481. The van der Waals surface area contributed by atoms with E-state index in [9.17, 15) is 0 Å². The molecule has 1 unspecified atom stereocenters. The molecule has 1 atom stereocenters. The van der Waals surface area contributed by atoms with Crippen LogP contribution in [0.25, 0.3) is 0 Å². The highest BCUT2D eigenvalue weighted by Gasteiger charge is 2.07. The van der Waals surface area contributed by atoms with Crippen LogP contribution in [0.2, 0.25) is 0 Å². The number of ether oxygens (including phenoxy) is 2. The van der Waals surface area contributed by atoms with Gasteiger partial charge in [0.25, 0.3) is 0 Å². The van der Waals surface area contributed by atoms with E-state index in [1.165, 1.54) is 0 Å². The van der Waals surface area contributed by atoms with Gasteiger partial charge in [-0.15, -0.1) is 0 Å². The largest absolute Gasteiger partial charge is 0.471 e. The van der Waals surface area contributed by atoms with Gasteiger partial charge in [-0.05, 0) is 26.0 Å². The lowest BCUT2D eigenvalue weighted by Crippen LogP contribution is -2.19. The van der Waals surface area contributed by atoms with Crippen molar-refractivity contribution in [3.8, 4) is 5.88 Å². The Morgan fingerprint density at radius 3 is 2.86 bits per heavy atom. The van der Waals surface area contributed by atoms with E-state index in [0.717, 1.165) is 5.69 Å². The fourth-order valence-corrected chi connectivity index (χ4v) is 1.10. The van der Waals surface area contributed by atoms with Crippen molar-refractivity contribution >= 4 is 5.69 Å². The molecule has 0 saturated carbocycles. The van der Waals surface area contributed by atoms with Crippen LogP contribution in [0.15, 0.2) is 12.1 Å². The number of nitrogen functional groups attached to an aromatic ring is 1. The quantitative estimate of drug-likeness (QED) is 0.790. The molecule has 2 N–H and O–H groups in total. The summed E-state index contributed by atoms with van der Waals surface area (Å²) in [6, 6.07) is 3.64. The van der Waals surface area contributed by atoms with Crippen LogP contribution >= 0.6 is 0 Å². The Labute approximate surface area is 84.0 Å². The van der Waals surface area contributed by atoms with Crippen molar-refractivity contribution in [1.29, 1.82) is 0 Å². The van der Waals surface area contributed by atoms with E-state index in [1.54, 1.807) is 13.2 Å². The van der Waals surface area contributed by atoms with E-state index in [1.807, 2.05) is 19.9 Å². The molecular weight excluding hydrogens is 180 g/mol. The first kappa shape index (κ1) is 10.8. The third kappa shape index (κ3) is 2.88. The van der Waals surface area contributed by atoms with Crippen molar-refractivity contribution in [2.45, 2.75) is 20.0 Å². The monoisotopic (exact) mass is 196 g/mol. The predicted octanol–water partition coefficient (Wildman–Crippen LogP) is 1.39. The molecule has 0 radical (unpaired) electrons. The zero-order valence-corrected chi connectivity index (χ0v) is 8.78. The first-order valence-corrected chi connectivity index (χ1v) is 4.52. The van der Waals surface area contributed by atoms with Gasteiger partial charge < -0.3 is 15.2 Å². The number of aromatic nitrogens is 1. The van der Waals surface area contributed by atoms with Gasteiger partial charge in [-0.2, -0.15) is 0 Å². The Bertz CT molecular complexity index is 302.